The Balaban J connectivity index is 3.38. The molecular formula is C10H11F2NO3. The monoisotopic (exact) mass is 231 g/mol. The van der Waals surface area contributed by atoms with Gasteiger partial charge in [-0.05, 0) is 25.5 Å². The Labute approximate surface area is 90.6 Å². The Hall–Kier alpha value is -1.85. The summed E-state index contributed by atoms with van der Waals surface area (Å²) < 4.78 is 28.3. The molecule has 6 heteroatoms. The second kappa shape index (κ2) is 4.34. The maximum Gasteiger partial charge on any atom is 0.387 e. The van der Waals surface area contributed by atoms with E-state index in [1.165, 1.54) is 19.9 Å². The van der Waals surface area contributed by atoms with Gasteiger partial charge in [-0.2, -0.15) is 8.78 Å². The van der Waals surface area contributed by atoms with Gasteiger partial charge in [0.25, 0.3) is 0 Å². The zero-order valence-electron chi connectivity index (χ0n) is 8.75. The lowest BCUT2D eigenvalue weighted by Gasteiger charge is -2.14. The van der Waals surface area contributed by atoms with Crippen LogP contribution in [0.5, 0.6) is 5.75 Å². The summed E-state index contributed by atoms with van der Waals surface area (Å²) in [5.74, 6) is -1.43. The predicted octanol–water partition coefficient (Wildman–Crippen LogP) is 2.19. The maximum absolute atomic E-state index is 12.1. The molecule has 4 nitrogen and oxygen atoms in total. The molecule has 0 amide bonds. The highest BCUT2D eigenvalue weighted by Crippen LogP contribution is 2.30. The van der Waals surface area contributed by atoms with Crippen LogP contribution < -0.4 is 10.5 Å². The molecule has 0 radical (unpaired) electrons. The molecule has 1 aromatic rings. The number of ether oxygens (including phenoxy) is 1. The number of carbonyl (C=O) groups is 1. The quantitative estimate of drug-likeness (QED) is 0.782. The van der Waals surface area contributed by atoms with Gasteiger partial charge >= 0.3 is 12.6 Å². The number of carboxylic acids is 1. The number of carboxylic acid groups (broad SMARTS) is 1. The lowest BCUT2D eigenvalue weighted by atomic mass is 10.0. The van der Waals surface area contributed by atoms with E-state index < -0.39 is 12.6 Å². The summed E-state index contributed by atoms with van der Waals surface area (Å²) >= 11 is 0. The molecule has 0 saturated carbocycles. The minimum atomic E-state index is -3.00. The number of aryl methyl sites for hydroxylation is 1. The number of hydrogen-bond donors (Lipinski definition) is 2. The van der Waals surface area contributed by atoms with Gasteiger partial charge in [0.1, 0.15) is 5.75 Å². The average molecular weight is 231 g/mol. The van der Waals surface area contributed by atoms with Crippen molar-refractivity contribution in [3.63, 3.8) is 0 Å². The van der Waals surface area contributed by atoms with Gasteiger partial charge in [0.2, 0.25) is 0 Å². The van der Waals surface area contributed by atoms with Crippen molar-refractivity contribution in [3.8, 4) is 5.75 Å². The van der Waals surface area contributed by atoms with E-state index in [1.54, 1.807) is 0 Å². The van der Waals surface area contributed by atoms with Crippen molar-refractivity contribution in [2.24, 2.45) is 0 Å². The molecule has 0 saturated heterocycles. The van der Waals surface area contributed by atoms with Crippen molar-refractivity contribution in [2.45, 2.75) is 20.5 Å². The molecule has 0 fully saturated rings. The van der Waals surface area contributed by atoms with Crippen LogP contribution in [0, 0.1) is 13.8 Å². The van der Waals surface area contributed by atoms with E-state index in [-0.39, 0.29) is 22.6 Å². The third kappa shape index (κ3) is 2.21. The zero-order valence-corrected chi connectivity index (χ0v) is 8.75. The maximum atomic E-state index is 12.1. The summed E-state index contributed by atoms with van der Waals surface area (Å²) in [7, 11) is 0. The van der Waals surface area contributed by atoms with Gasteiger partial charge in [-0.1, -0.05) is 0 Å². The Bertz CT molecular complexity index is 433. The van der Waals surface area contributed by atoms with Crippen molar-refractivity contribution < 1.29 is 23.4 Å². The standard InChI is InChI=1S/C10H11F2NO3/c1-4-3-6(16-10(11)12)5(2)7(8(4)13)9(14)15/h3,10H,13H2,1-2H3,(H,14,15). The fraction of sp³-hybridized carbons (Fsp3) is 0.300. The molecule has 0 spiro atoms. The van der Waals surface area contributed by atoms with Gasteiger partial charge in [0, 0.05) is 11.3 Å². The molecule has 1 aromatic carbocycles. The second-order valence-corrected chi connectivity index (χ2v) is 3.29. The normalized spacial score (nSPS) is 10.6. The lowest BCUT2D eigenvalue weighted by Crippen LogP contribution is -2.11. The number of alkyl halides is 2. The van der Waals surface area contributed by atoms with Crippen LogP contribution in [0.3, 0.4) is 0 Å². The Morgan fingerprint density at radius 1 is 1.50 bits per heavy atom. The van der Waals surface area contributed by atoms with Crippen LogP contribution in [0.2, 0.25) is 0 Å². The topological polar surface area (TPSA) is 72.5 Å². The number of halogens is 2. The van der Waals surface area contributed by atoms with Gasteiger partial charge in [0.05, 0.1) is 5.56 Å². The molecule has 0 bridgehead atoms. The van der Waals surface area contributed by atoms with Crippen molar-refractivity contribution in [1.29, 1.82) is 0 Å². The minimum Gasteiger partial charge on any atom is -0.478 e. The van der Waals surface area contributed by atoms with E-state index in [2.05, 4.69) is 4.74 Å². The molecule has 0 atom stereocenters. The van der Waals surface area contributed by atoms with Gasteiger partial charge in [-0.15, -0.1) is 0 Å². The third-order valence-electron chi connectivity index (χ3n) is 2.22. The molecule has 0 aromatic heterocycles. The summed E-state index contributed by atoms with van der Waals surface area (Å²) in [6, 6.07) is 1.29. The second-order valence-electron chi connectivity index (χ2n) is 3.29. The molecule has 0 aliphatic heterocycles. The smallest absolute Gasteiger partial charge is 0.387 e. The number of rotatable bonds is 3. The fourth-order valence-corrected chi connectivity index (χ4v) is 1.40. The molecule has 88 valence electrons. The van der Waals surface area contributed by atoms with E-state index >= 15 is 0 Å². The average Bonchev–Trinajstić information content (AvgIpc) is 2.13. The largest absolute Gasteiger partial charge is 0.478 e. The lowest BCUT2D eigenvalue weighted by molar-refractivity contribution is -0.0503. The Morgan fingerprint density at radius 3 is 2.50 bits per heavy atom. The van der Waals surface area contributed by atoms with E-state index in [4.69, 9.17) is 10.8 Å². The molecule has 3 N–H and O–H groups in total. The summed E-state index contributed by atoms with van der Waals surface area (Å²) in [4.78, 5) is 10.9. The summed E-state index contributed by atoms with van der Waals surface area (Å²) in [5.41, 5.74) is 5.90. The first kappa shape index (κ1) is 12.2. The van der Waals surface area contributed by atoms with Crippen LogP contribution in [0.4, 0.5) is 14.5 Å². The number of anilines is 1. The Morgan fingerprint density at radius 2 is 2.06 bits per heavy atom. The fourth-order valence-electron chi connectivity index (χ4n) is 1.40. The number of nitrogens with two attached hydrogens (primary N) is 1. The summed E-state index contributed by atoms with van der Waals surface area (Å²) in [6.45, 7) is -0.0976. The van der Waals surface area contributed by atoms with Crippen LogP contribution in [0.25, 0.3) is 0 Å². The molecule has 16 heavy (non-hydrogen) atoms. The first-order chi connectivity index (χ1) is 7.34. The van der Waals surface area contributed by atoms with Crippen LogP contribution in [-0.4, -0.2) is 17.7 Å². The van der Waals surface area contributed by atoms with Crippen molar-refractivity contribution in [1.82, 2.24) is 0 Å². The summed E-state index contributed by atoms with van der Waals surface area (Å²) in [5, 5.41) is 8.91. The SMILES string of the molecule is Cc1cc(OC(F)F)c(C)c(C(=O)O)c1N. The van der Waals surface area contributed by atoms with Crippen LogP contribution in [-0.2, 0) is 0 Å². The van der Waals surface area contributed by atoms with Gasteiger partial charge in [-0.3, -0.25) is 0 Å². The van der Waals surface area contributed by atoms with Crippen LogP contribution in [0.1, 0.15) is 21.5 Å². The molecule has 0 aliphatic rings. The van der Waals surface area contributed by atoms with Crippen molar-refractivity contribution in [3.05, 3.63) is 22.8 Å². The minimum absolute atomic E-state index is 0.0617. The molecule has 0 unspecified atom stereocenters. The number of benzene rings is 1. The van der Waals surface area contributed by atoms with Gasteiger partial charge in [-0.25, -0.2) is 4.79 Å². The van der Waals surface area contributed by atoms with Crippen molar-refractivity contribution in [2.75, 3.05) is 5.73 Å². The highest BCUT2D eigenvalue weighted by Gasteiger charge is 2.19. The van der Waals surface area contributed by atoms with E-state index in [9.17, 15) is 13.6 Å². The predicted molar refractivity (Wildman–Crippen MR) is 53.9 cm³/mol. The van der Waals surface area contributed by atoms with Crippen LogP contribution >= 0.6 is 0 Å². The highest BCUT2D eigenvalue weighted by atomic mass is 19.3. The Kier molecular flexibility index (Phi) is 3.31. The number of nitrogen functional groups attached to an aromatic ring is 1. The number of hydrogen-bond acceptors (Lipinski definition) is 3. The van der Waals surface area contributed by atoms with E-state index in [0.717, 1.165) is 0 Å². The zero-order chi connectivity index (χ0) is 12.5. The van der Waals surface area contributed by atoms with E-state index in [0.29, 0.717) is 5.56 Å². The third-order valence-corrected chi connectivity index (χ3v) is 2.22. The number of aromatic carboxylic acids is 1. The summed E-state index contributed by atoms with van der Waals surface area (Å²) in [6.07, 6.45) is 0. The first-order valence-corrected chi connectivity index (χ1v) is 4.42. The van der Waals surface area contributed by atoms with Crippen molar-refractivity contribution >= 4 is 11.7 Å². The molecule has 0 heterocycles. The van der Waals surface area contributed by atoms with Crippen LogP contribution in [0.15, 0.2) is 6.07 Å². The first-order valence-electron chi connectivity index (χ1n) is 4.42. The van der Waals surface area contributed by atoms with E-state index in [1.807, 2.05) is 0 Å². The molecular weight excluding hydrogens is 220 g/mol. The molecule has 1 rings (SSSR count). The molecule has 0 aliphatic carbocycles. The van der Waals surface area contributed by atoms with Gasteiger partial charge in [0.15, 0.2) is 0 Å². The highest BCUT2D eigenvalue weighted by molar-refractivity contribution is 5.97. The van der Waals surface area contributed by atoms with Gasteiger partial charge < -0.3 is 15.6 Å².